The van der Waals surface area contributed by atoms with Gasteiger partial charge in [0.05, 0.1) is 11.8 Å². The van der Waals surface area contributed by atoms with Crippen molar-refractivity contribution in [2.75, 3.05) is 0 Å². The highest BCUT2D eigenvalue weighted by atomic mass is 16.6. The summed E-state index contributed by atoms with van der Waals surface area (Å²) in [7, 11) is 0. The fraction of sp³-hybridized carbons (Fsp3) is 0.250. The first-order valence-electron chi connectivity index (χ1n) is 8.13. The molecule has 1 fully saturated rings. The number of benzene rings is 2. The molecule has 0 aromatic heterocycles. The largest absolute Gasteiger partial charge is 0.297 e. The predicted molar refractivity (Wildman–Crippen MR) is 90.4 cm³/mol. The molecular weight excluding hydrogens is 302 g/mol. The second-order valence-electron chi connectivity index (χ2n) is 6.56. The highest BCUT2D eigenvalue weighted by Gasteiger charge is 2.70. The van der Waals surface area contributed by atoms with E-state index in [0.29, 0.717) is 12.0 Å². The first-order chi connectivity index (χ1) is 11.7. The first-order valence-corrected chi connectivity index (χ1v) is 8.13. The van der Waals surface area contributed by atoms with Crippen LogP contribution in [0.1, 0.15) is 28.3 Å². The second-order valence-corrected chi connectivity index (χ2v) is 6.56. The SMILES string of the molecule is O=C(c1ccccc1)C1([N+](=O)[O-])C2C=CC(C2)C1c1ccccc1. The van der Waals surface area contributed by atoms with Crippen LogP contribution in [0.2, 0.25) is 0 Å². The first kappa shape index (κ1) is 14.8. The van der Waals surface area contributed by atoms with Crippen molar-refractivity contribution in [2.45, 2.75) is 17.9 Å². The Bertz CT molecular complexity index is 815. The maximum Gasteiger partial charge on any atom is 0.297 e. The van der Waals surface area contributed by atoms with Gasteiger partial charge in [-0.3, -0.25) is 14.9 Å². The predicted octanol–water partition coefficient (Wildman–Crippen LogP) is 3.87. The molecule has 0 radical (unpaired) electrons. The lowest BCUT2D eigenvalue weighted by molar-refractivity contribution is -0.558. The van der Waals surface area contributed by atoms with Crippen molar-refractivity contribution in [1.82, 2.24) is 0 Å². The molecule has 4 heteroatoms. The second kappa shape index (κ2) is 5.41. The van der Waals surface area contributed by atoms with Gasteiger partial charge in [0.25, 0.3) is 5.54 Å². The lowest BCUT2D eigenvalue weighted by Gasteiger charge is -2.33. The average Bonchev–Trinajstić information content (AvgIpc) is 3.22. The van der Waals surface area contributed by atoms with Gasteiger partial charge in [-0.05, 0) is 17.9 Å². The van der Waals surface area contributed by atoms with Crippen LogP contribution in [0.15, 0.2) is 72.8 Å². The Labute approximate surface area is 140 Å². The van der Waals surface area contributed by atoms with E-state index in [1.165, 1.54) is 0 Å². The Morgan fingerprint density at radius 1 is 1.00 bits per heavy atom. The van der Waals surface area contributed by atoms with Crippen LogP contribution in [0.3, 0.4) is 0 Å². The molecule has 2 aliphatic carbocycles. The van der Waals surface area contributed by atoms with Crippen molar-refractivity contribution in [3.63, 3.8) is 0 Å². The van der Waals surface area contributed by atoms with Crippen LogP contribution in [0, 0.1) is 22.0 Å². The van der Waals surface area contributed by atoms with E-state index in [1.54, 1.807) is 24.3 Å². The van der Waals surface area contributed by atoms with Crippen LogP contribution in [0.5, 0.6) is 0 Å². The molecule has 120 valence electrons. The monoisotopic (exact) mass is 319 g/mol. The summed E-state index contributed by atoms with van der Waals surface area (Å²) in [6.07, 6.45) is 4.58. The number of nitro groups is 1. The molecule has 4 nitrogen and oxygen atoms in total. The number of fused-ring (bicyclic) bond motifs is 2. The van der Waals surface area contributed by atoms with Crippen LogP contribution < -0.4 is 0 Å². The molecule has 4 atom stereocenters. The van der Waals surface area contributed by atoms with Gasteiger partial charge < -0.3 is 0 Å². The summed E-state index contributed by atoms with van der Waals surface area (Å²) >= 11 is 0. The third-order valence-electron chi connectivity index (χ3n) is 5.44. The standard InChI is InChI=1S/C20H17NO3/c22-19(15-9-5-2-6-10-15)20(21(23)24)17-12-11-16(13-17)18(20)14-7-3-1-4-8-14/h1-12,16-18H,13H2. The van der Waals surface area contributed by atoms with Gasteiger partial charge in [0.1, 0.15) is 0 Å². The minimum absolute atomic E-state index is 0.0375. The summed E-state index contributed by atoms with van der Waals surface area (Å²) in [4.78, 5) is 25.2. The molecule has 2 aromatic rings. The quantitative estimate of drug-likeness (QED) is 0.372. The van der Waals surface area contributed by atoms with Gasteiger partial charge >= 0.3 is 0 Å². The average molecular weight is 319 g/mol. The lowest BCUT2D eigenvalue weighted by Crippen LogP contribution is -2.54. The van der Waals surface area contributed by atoms with E-state index in [-0.39, 0.29) is 22.5 Å². The summed E-state index contributed by atoms with van der Waals surface area (Å²) < 4.78 is 0. The van der Waals surface area contributed by atoms with Crippen molar-refractivity contribution >= 4 is 5.78 Å². The van der Waals surface area contributed by atoms with Gasteiger partial charge in [-0.25, -0.2) is 0 Å². The molecule has 2 aromatic carbocycles. The van der Waals surface area contributed by atoms with Crippen LogP contribution in [-0.4, -0.2) is 16.2 Å². The summed E-state index contributed by atoms with van der Waals surface area (Å²) in [5, 5.41) is 12.3. The van der Waals surface area contributed by atoms with E-state index in [4.69, 9.17) is 0 Å². The van der Waals surface area contributed by atoms with Gasteiger partial charge in [0.2, 0.25) is 5.78 Å². The van der Waals surface area contributed by atoms with Crippen molar-refractivity contribution in [3.05, 3.63) is 94.1 Å². The highest BCUT2D eigenvalue weighted by molar-refractivity contribution is 6.04. The Kier molecular flexibility index (Phi) is 3.34. The number of carbonyl (C=O) groups excluding carboxylic acids is 1. The Morgan fingerprint density at radius 2 is 1.62 bits per heavy atom. The Morgan fingerprint density at radius 3 is 2.25 bits per heavy atom. The molecule has 2 aliphatic rings. The topological polar surface area (TPSA) is 60.2 Å². The third-order valence-corrected chi connectivity index (χ3v) is 5.44. The van der Waals surface area contributed by atoms with Gasteiger partial charge in [-0.1, -0.05) is 72.8 Å². The van der Waals surface area contributed by atoms with Crippen molar-refractivity contribution in [2.24, 2.45) is 11.8 Å². The molecule has 4 unspecified atom stereocenters. The van der Waals surface area contributed by atoms with Crippen LogP contribution in [0.25, 0.3) is 0 Å². The molecule has 0 heterocycles. The number of nitrogens with zero attached hydrogens (tertiary/aromatic N) is 1. The number of hydrogen-bond donors (Lipinski definition) is 0. The van der Waals surface area contributed by atoms with Crippen LogP contribution in [0.4, 0.5) is 0 Å². The van der Waals surface area contributed by atoms with Crippen LogP contribution in [-0.2, 0) is 0 Å². The van der Waals surface area contributed by atoms with Gasteiger partial charge in [0, 0.05) is 10.5 Å². The number of ketones is 1. The lowest BCUT2D eigenvalue weighted by atomic mass is 9.69. The maximum atomic E-state index is 13.3. The zero-order valence-electron chi connectivity index (χ0n) is 13.0. The zero-order chi connectivity index (χ0) is 16.7. The summed E-state index contributed by atoms with van der Waals surface area (Å²) in [5.74, 6) is -1.11. The van der Waals surface area contributed by atoms with E-state index in [1.807, 2.05) is 48.6 Å². The molecule has 0 spiro atoms. The zero-order valence-corrected chi connectivity index (χ0v) is 13.0. The molecule has 2 bridgehead atoms. The molecular formula is C20H17NO3. The molecule has 24 heavy (non-hydrogen) atoms. The summed E-state index contributed by atoms with van der Waals surface area (Å²) in [6.45, 7) is 0. The normalized spacial score (nSPS) is 30.4. The van der Waals surface area contributed by atoms with Gasteiger partial charge in [0.15, 0.2) is 0 Å². The van der Waals surface area contributed by atoms with E-state index in [9.17, 15) is 14.9 Å². The molecule has 0 aliphatic heterocycles. The van der Waals surface area contributed by atoms with Gasteiger partial charge in [-0.2, -0.15) is 0 Å². The smallest absolute Gasteiger partial charge is 0.286 e. The van der Waals surface area contributed by atoms with E-state index in [2.05, 4.69) is 0 Å². The van der Waals surface area contributed by atoms with Crippen molar-refractivity contribution in [1.29, 1.82) is 0 Å². The fourth-order valence-corrected chi connectivity index (χ4v) is 4.48. The number of carbonyl (C=O) groups is 1. The number of rotatable bonds is 4. The van der Waals surface area contributed by atoms with Crippen LogP contribution >= 0.6 is 0 Å². The number of allylic oxidation sites excluding steroid dienone is 1. The highest BCUT2D eigenvalue weighted by Crippen LogP contribution is 2.57. The molecule has 0 N–H and O–H groups in total. The molecule has 1 saturated carbocycles. The Hall–Kier alpha value is -2.75. The van der Waals surface area contributed by atoms with E-state index >= 15 is 0 Å². The minimum Gasteiger partial charge on any atom is -0.286 e. The maximum absolute atomic E-state index is 13.3. The van der Waals surface area contributed by atoms with E-state index < -0.39 is 11.5 Å². The molecule has 0 saturated heterocycles. The third kappa shape index (κ3) is 1.89. The van der Waals surface area contributed by atoms with E-state index in [0.717, 1.165) is 5.56 Å². The summed E-state index contributed by atoms with van der Waals surface area (Å²) in [5.41, 5.74) is -0.325. The van der Waals surface area contributed by atoms with Crippen molar-refractivity contribution < 1.29 is 9.72 Å². The van der Waals surface area contributed by atoms with Gasteiger partial charge in [-0.15, -0.1) is 0 Å². The Balaban J connectivity index is 1.91. The molecule has 4 rings (SSSR count). The van der Waals surface area contributed by atoms with Crippen molar-refractivity contribution in [3.8, 4) is 0 Å². The number of Topliss-reactive ketones (excluding diaryl/α,β-unsaturated/α-hetero) is 1. The minimum atomic E-state index is -1.61. The number of hydrogen-bond acceptors (Lipinski definition) is 3. The summed E-state index contributed by atoms with van der Waals surface area (Å²) in [6, 6.07) is 18.1. The molecule has 0 amide bonds. The fourth-order valence-electron chi connectivity index (χ4n) is 4.48.